The molecule has 0 aliphatic carbocycles. The molecule has 306 valence electrons. The highest BCUT2D eigenvalue weighted by Crippen LogP contribution is 2.50. The molecule has 0 spiro atoms. The van der Waals surface area contributed by atoms with Crippen LogP contribution in [0.25, 0.3) is 54.2 Å². The first kappa shape index (κ1) is 42.5. The van der Waals surface area contributed by atoms with Gasteiger partial charge in [-0.15, -0.1) is 0 Å². The third kappa shape index (κ3) is 10.3. The van der Waals surface area contributed by atoms with E-state index >= 15 is 0 Å². The normalized spacial score (nSPS) is 11.4. The van der Waals surface area contributed by atoms with Crippen LogP contribution in [0.4, 0.5) is 9.59 Å². The van der Waals surface area contributed by atoms with E-state index in [9.17, 15) is 9.59 Å². The number of benzene rings is 6. The summed E-state index contributed by atoms with van der Waals surface area (Å²) in [6.45, 7) is 9.02. The summed E-state index contributed by atoms with van der Waals surface area (Å²) in [4.78, 5) is 26.3. The zero-order chi connectivity index (χ0) is 40.7. The molecule has 0 saturated carbocycles. The molecule has 0 aliphatic rings. The van der Waals surface area contributed by atoms with Gasteiger partial charge in [-0.25, -0.2) is 9.59 Å². The SMILES string of the molecule is CCCCCCCCc1ccc2c(OC(=O)OCCC)c3ccccc3c(-c3c4ccccc4c(OC(=O)OCCC)c4ccc(CCCCCCCC)cc34)c2c1. The van der Waals surface area contributed by atoms with Crippen molar-refractivity contribution in [3.8, 4) is 22.6 Å². The van der Waals surface area contributed by atoms with E-state index in [0.717, 1.165) is 79.9 Å². The monoisotopic (exact) mass is 782 g/mol. The van der Waals surface area contributed by atoms with Gasteiger partial charge in [-0.1, -0.05) is 177 Å². The minimum Gasteiger partial charge on any atom is -0.434 e. The Labute approximate surface area is 345 Å². The topological polar surface area (TPSA) is 71.1 Å². The van der Waals surface area contributed by atoms with Gasteiger partial charge in [0, 0.05) is 21.5 Å². The van der Waals surface area contributed by atoms with Crippen LogP contribution in [0.2, 0.25) is 0 Å². The van der Waals surface area contributed by atoms with E-state index in [-0.39, 0.29) is 13.2 Å². The van der Waals surface area contributed by atoms with Crippen molar-refractivity contribution in [3.63, 3.8) is 0 Å². The van der Waals surface area contributed by atoms with Crippen LogP contribution in [0, 0.1) is 0 Å². The molecule has 0 fully saturated rings. The second-order valence-electron chi connectivity index (χ2n) is 15.7. The zero-order valence-electron chi connectivity index (χ0n) is 35.3. The fourth-order valence-electron chi connectivity index (χ4n) is 8.26. The van der Waals surface area contributed by atoms with Crippen molar-refractivity contribution in [3.05, 3.63) is 96.1 Å². The zero-order valence-corrected chi connectivity index (χ0v) is 35.3. The lowest BCUT2D eigenvalue weighted by Gasteiger charge is -2.22. The van der Waals surface area contributed by atoms with Gasteiger partial charge in [0.05, 0.1) is 13.2 Å². The molecule has 6 rings (SSSR count). The first-order valence-electron chi connectivity index (χ1n) is 22.1. The molecular formula is C52H62O6. The van der Waals surface area contributed by atoms with E-state index in [4.69, 9.17) is 18.9 Å². The minimum atomic E-state index is -0.705. The van der Waals surface area contributed by atoms with Gasteiger partial charge in [0.25, 0.3) is 0 Å². The summed E-state index contributed by atoms with van der Waals surface area (Å²) in [5, 5.41) is 7.28. The standard InChI is InChI=1S/C52H62O6/c1-5-9-11-13-15-17-23-37-29-31-43-45(35-37)47(39-25-19-21-27-41(39)49(43)57-51(53)55-33-7-3)48-40-26-20-22-28-42(40)50(58-52(54)56-34-8-4)44-32-30-38(36-46(44)48)24-18-16-14-12-10-6-2/h19-22,25-32,35-36H,5-18,23-24,33-34H2,1-4H3. The van der Waals surface area contributed by atoms with Crippen LogP contribution in [0.5, 0.6) is 11.5 Å². The average molecular weight is 783 g/mol. The smallest absolute Gasteiger partial charge is 0.434 e. The lowest BCUT2D eigenvalue weighted by Crippen LogP contribution is -2.12. The number of carbonyl (C=O) groups is 2. The Bertz CT molecular complexity index is 2140. The molecule has 6 heteroatoms. The van der Waals surface area contributed by atoms with Crippen molar-refractivity contribution in [2.24, 2.45) is 0 Å². The predicted molar refractivity (Wildman–Crippen MR) is 241 cm³/mol. The summed E-state index contributed by atoms with van der Waals surface area (Å²) in [6, 6.07) is 29.6. The maximum atomic E-state index is 13.2. The third-order valence-corrected chi connectivity index (χ3v) is 11.2. The quantitative estimate of drug-likeness (QED) is 0.0313. The fraction of sp³-hybridized carbons (Fsp3) is 0.423. The summed E-state index contributed by atoms with van der Waals surface area (Å²) in [7, 11) is 0. The van der Waals surface area contributed by atoms with Gasteiger partial charge < -0.3 is 18.9 Å². The third-order valence-electron chi connectivity index (χ3n) is 11.2. The van der Waals surface area contributed by atoms with E-state index in [1.54, 1.807) is 0 Å². The summed E-state index contributed by atoms with van der Waals surface area (Å²) in [5.41, 5.74) is 4.61. The van der Waals surface area contributed by atoms with Crippen LogP contribution in [0.3, 0.4) is 0 Å². The van der Waals surface area contributed by atoms with Crippen LogP contribution >= 0.6 is 0 Å². The van der Waals surface area contributed by atoms with Gasteiger partial charge in [-0.2, -0.15) is 0 Å². The molecule has 0 unspecified atom stereocenters. The molecule has 58 heavy (non-hydrogen) atoms. The number of rotatable bonds is 21. The second-order valence-corrected chi connectivity index (χ2v) is 15.7. The molecule has 0 bridgehead atoms. The fourth-order valence-corrected chi connectivity index (χ4v) is 8.26. The lowest BCUT2D eigenvalue weighted by molar-refractivity contribution is 0.0991. The van der Waals surface area contributed by atoms with E-state index in [0.29, 0.717) is 24.3 Å². The molecule has 6 nitrogen and oxygen atoms in total. The van der Waals surface area contributed by atoms with Crippen molar-refractivity contribution < 1.29 is 28.5 Å². The molecule has 0 aliphatic heterocycles. The van der Waals surface area contributed by atoms with Crippen molar-refractivity contribution in [2.75, 3.05) is 13.2 Å². The van der Waals surface area contributed by atoms with Crippen molar-refractivity contribution in [2.45, 2.75) is 130 Å². The summed E-state index contributed by atoms with van der Waals surface area (Å²) < 4.78 is 23.2. The summed E-state index contributed by atoms with van der Waals surface area (Å²) in [5.74, 6) is 0.995. The molecule has 6 aromatic rings. The first-order chi connectivity index (χ1) is 28.5. The maximum Gasteiger partial charge on any atom is 0.513 e. The van der Waals surface area contributed by atoms with Crippen molar-refractivity contribution in [1.82, 2.24) is 0 Å². The van der Waals surface area contributed by atoms with Gasteiger partial charge in [-0.3, -0.25) is 0 Å². The highest BCUT2D eigenvalue weighted by molar-refractivity contribution is 6.27. The van der Waals surface area contributed by atoms with E-state index < -0.39 is 12.3 Å². The van der Waals surface area contributed by atoms with Crippen LogP contribution in [0.1, 0.15) is 129 Å². The summed E-state index contributed by atoms with van der Waals surface area (Å²) >= 11 is 0. The molecule has 0 heterocycles. The predicted octanol–water partition coefficient (Wildman–Crippen LogP) is 15.6. The maximum absolute atomic E-state index is 13.2. The van der Waals surface area contributed by atoms with E-state index in [2.05, 4.69) is 62.4 Å². The highest BCUT2D eigenvalue weighted by Gasteiger charge is 2.25. The van der Waals surface area contributed by atoms with Gasteiger partial charge in [0.2, 0.25) is 0 Å². The molecule has 0 atom stereocenters. The Hall–Kier alpha value is -5.10. The van der Waals surface area contributed by atoms with Crippen LogP contribution < -0.4 is 9.47 Å². The molecule has 6 aromatic carbocycles. The molecule has 0 saturated heterocycles. The Kier molecular flexibility index (Phi) is 15.8. The number of aryl methyl sites for hydroxylation is 2. The molecule has 0 amide bonds. The number of fused-ring (bicyclic) bond motifs is 4. The largest absolute Gasteiger partial charge is 0.513 e. The van der Waals surface area contributed by atoms with Gasteiger partial charge >= 0.3 is 12.3 Å². The van der Waals surface area contributed by atoms with Crippen molar-refractivity contribution in [1.29, 1.82) is 0 Å². The minimum absolute atomic E-state index is 0.286. The van der Waals surface area contributed by atoms with Crippen LogP contribution in [-0.4, -0.2) is 25.5 Å². The Morgan fingerprint density at radius 3 is 1.16 bits per heavy atom. The molecular weight excluding hydrogens is 721 g/mol. The Morgan fingerprint density at radius 2 is 0.759 bits per heavy atom. The number of carbonyl (C=O) groups excluding carboxylic acids is 2. The van der Waals surface area contributed by atoms with Gasteiger partial charge in [-0.05, 0) is 82.3 Å². The lowest BCUT2D eigenvalue weighted by atomic mass is 9.84. The number of hydrogen-bond donors (Lipinski definition) is 0. The van der Waals surface area contributed by atoms with Crippen LogP contribution in [0.15, 0.2) is 84.9 Å². The van der Waals surface area contributed by atoms with E-state index in [1.165, 1.54) is 75.3 Å². The summed E-state index contributed by atoms with van der Waals surface area (Å²) in [6.07, 6.45) is 16.6. The molecule has 0 N–H and O–H groups in total. The second kappa shape index (κ2) is 21.6. The van der Waals surface area contributed by atoms with Gasteiger partial charge in [0.1, 0.15) is 11.5 Å². The molecule has 0 radical (unpaired) electrons. The first-order valence-corrected chi connectivity index (χ1v) is 22.1. The highest BCUT2D eigenvalue weighted by atomic mass is 16.7. The van der Waals surface area contributed by atoms with Gasteiger partial charge in [0.15, 0.2) is 0 Å². The Morgan fingerprint density at radius 1 is 0.397 bits per heavy atom. The Balaban J connectivity index is 1.61. The number of unbranched alkanes of at least 4 members (excludes halogenated alkanes) is 10. The number of hydrogen-bond acceptors (Lipinski definition) is 6. The van der Waals surface area contributed by atoms with Crippen molar-refractivity contribution >= 4 is 55.4 Å². The average Bonchev–Trinajstić information content (AvgIpc) is 3.25. The number of ether oxygens (including phenoxy) is 4. The van der Waals surface area contributed by atoms with E-state index in [1.807, 2.05) is 50.2 Å². The molecule has 0 aromatic heterocycles. The van der Waals surface area contributed by atoms with Crippen LogP contribution in [-0.2, 0) is 22.3 Å².